The molecule has 2 aliphatic rings. The molecule has 104 valence electrons. The second kappa shape index (κ2) is 4.74. The zero-order valence-electron chi connectivity index (χ0n) is 12.0. The van der Waals surface area contributed by atoms with E-state index in [0.29, 0.717) is 6.04 Å². The zero-order valence-corrected chi connectivity index (χ0v) is 12.0. The van der Waals surface area contributed by atoms with Crippen molar-refractivity contribution in [3.63, 3.8) is 0 Å². The Morgan fingerprint density at radius 3 is 3.10 bits per heavy atom. The molecular weight excluding hydrogens is 246 g/mol. The summed E-state index contributed by atoms with van der Waals surface area (Å²) in [6, 6.07) is 10.1. The third kappa shape index (κ3) is 1.88. The molecular formula is C17H21N3. The highest BCUT2D eigenvalue weighted by Crippen LogP contribution is 2.32. The Labute approximate surface area is 120 Å². The van der Waals surface area contributed by atoms with Gasteiger partial charge in [-0.2, -0.15) is 0 Å². The van der Waals surface area contributed by atoms with E-state index in [-0.39, 0.29) is 0 Å². The summed E-state index contributed by atoms with van der Waals surface area (Å²) in [6.07, 6.45) is 6.60. The van der Waals surface area contributed by atoms with Gasteiger partial charge >= 0.3 is 0 Å². The van der Waals surface area contributed by atoms with Gasteiger partial charge in [-0.25, -0.2) is 0 Å². The Bertz CT molecular complexity index is 619. The predicted octanol–water partition coefficient (Wildman–Crippen LogP) is 2.91. The monoisotopic (exact) mass is 267 g/mol. The molecule has 2 saturated heterocycles. The van der Waals surface area contributed by atoms with Crippen LogP contribution in [-0.2, 0) is 0 Å². The Morgan fingerprint density at radius 1 is 1.20 bits per heavy atom. The van der Waals surface area contributed by atoms with Crippen LogP contribution in [0.4, 0.5) is 5.69 Å². The summed E-state index contributed by atoms with van der Waals surface area (Å²) in [5.41, 5.74) is 1.38. The summed E-state index contributed by atoms with van der Waals surface area (Å²) in [4.78, 5) is 9.53. The Kier molecular flexibility index (Phi) is 2.88. The molecule has 2 fully saturated rings. The van der Waals surface area contributed by atoms with E-state index in [1.165, 1.54) is 48.9 Å². The summed E-state index contributed by atoms with van der Waals surface area (Å²) in [5, 5.41) is 2.58. The van der Waals surface area contributed by atoms with Crippen LogP contribution in [-0.4, -0.2) is 41.6 Å². The quantitative estimate of drug-likeness (QED) is 0.792. The van der Waals surface area contributed by atoms with Crippen molar-refractivity contribution < 1.29 is 0 Å². The molecule has 20 heavy (non-hydrogen) atoms. The lowest BCUT2D eigenvalue weighted by Gasteiger charge is -2.44. The second-order valence-corrected chi connectivity index (χ2v) is 6.17. The maximum absolute atomic E-state index is 4.24. The fraction of sp³-hybridized carbons (Fsp3) is 0.471. The van der Waals surface area contributed by atoms with Crippen LogP contribution in [0.5, 0.6) is 0 Å². The molecule has 3 nitrogen and oxygen atoms in total. The lowest BCUT2D eigenvalue weighted by atomic mass is 10.0. The van der Waals surface area contributed by atoms with Crippen LogP contribution in [0.25, 0.3) is 10.8 Å². The minimum Gasteiger partial charge on any atom is -0.365 e. The summed E-state index contributed by atoms with van der Waals surface area (Å²) in [5.74, 6) is 0. The smallest absolute Gasteiger partial charge is 0.0450 e. The van der Waals surface area contributed by atoms with Crippen LogP contribution in [0, 0.1) is 0 Å². The van der Waals surface area contributed by atoms with Crippen molar-refractivity contribution >= 4 is 16.5 Å². The molecule has 0 aliphatic carbocycles. The maximum Gasteiger partial charge on any atom is 0.0450 e. The number of anilines is 1. The molecule has 2 aromatic rings. The number of fused-ring (bicyclic) bond motifs is 2. The minimum atomic E-state index is 0.586. The SMILES string of the molecule is CC1CN2CCCC2CN1c1cccc2cnccc12. The average Bonchev–Trinajstić information content (AvgIpc) is 2.93. The first-order chi connectivity index (χ1) is 9.83. The van der Waals surface area contributed by atoms with Crippen molar-refractivity contribution in [2.75, 3.05) is 24.5 Å². The van der Waals surface area contributed by atoms with E-state index in [1.54, 1.807) is 0 Å². The molecule has 2 unspecified atom stereocenters. The van der Waals surface area contributed by atoms with Crippen molar-refractivity contribution in [2.24, 2.45) is 0 Å². The molecule has 0 N–H and O–H groups in total. The molecule has 0 bridgehead atoms. The molecule has 0 amide bonds. The molecule has 3 heterocycles. The van der Waals surface area contributed by atoms with Gasteiger partial charge in [-0.3, -0.25) is 9.88 Å². The number of piperazine rings is 1. The van der Waals surface area contributed by atoms with Crippen LogP contribution < -0.4 is 4.90 Å². The first kappa shape index (κ1) is 12.2. The van der Waals surface area contributed by atoms with E-state index in [0.717, 1.165) is 6.04 Å². The van der Waals surface area contributed by atoms with Crippen LogP contribution in [0.2, 0.25) is 0 Å². The third-order valence-electron chi connectivity index (χ3n) is 4.90. The summed E-state index contributed by atoms with van der Waals surface area (Å²) in [6.45, 7) is 6.02. The lowest BCUT2D eigenvalue weighted by molar-refractivity contribution is 0.203. The lowest BCUT2D eigenvalue weighted by Crippen LogP contribution is -2.55. The minimum absolute atomic E-state index is 0.586. The Balaban J connectivity index is 1.75. The van der Waals surface area contributed by atoms with Crippen LogP contribution in [0.15, 0.2) is 36.7 Å². The first-order valence-electron chi connectivity index (χ1n) is 7.66. The summed E-state index contributed by atoms with van der Waals surface area (Å²) in [7, 11) is 0. The van der Waals surface area contributed by atoms with Gasteiger partial charge in [0.1, 0.15) is 0 Å². The summed E-state index contributed by atoms with van der Waals surface area (Å²) >= 11 is 0. The number of hydrogen-bond acceptors (Lipinski definition) is 3. The Hall–Kier alpha value is -1.61. The third-order valence-corrected chi connectivity index (χ3v) is 4.90. The van der Waals surface area contributed by atoms with Gasteiger partial charge in [0.25, 0.3) is 0 Å². The highest BCUT2D eigenvalue weighted by molar-refractivity contribution is 5.93. The van der Waals surface area contributed by atoms with Crippen LogP contribution >= 0.6 is 0 Å². The predicted molar refractivity (Wildman–Crippen MR) is 83.1 cm³/mol. The molecule has 1 aromatic heterocycles. The van der Waals surface area contributed by atoms with E-state index in [1.807, 2.05) is 12.4 Å². The zero-order chi connectivity index (χ0) is 13.5. The highest BCUT2D eigenvalue weighted by Gasteiger charge is 2.34. The van der Waals surface area contributed by atoms with E-state index in [2.05, 4.69) is 46.0 Å². The standard InChI is InChI=1S/C17H21N3/c1-13-11-19-9-3-5-15(19)12-20(13)17-6-2-4-14-10-18-8-7-16(14)17/h2,4,6-8,10,13,15H,3,5,9,11-12H2,1H3. The Morgan fingerprint density at radius 2 is 2.15 bits per heavy atom. The normalized spacial score (nSPS) is 26.9. The fourth-order valence-corrected chi connectivity index (χ4v) is 3.88. The number of hydrogen-bond donors (Lipinski definition) is 0. The molecule has 1 aromatic carbocycles. The first-order valence-corrected chi connectivity index (χ1v) is 7.66. The van der Waals surface area contributed by atoms with Gasteiger partial charge < -0.3 is 4.90 Å². The van der Waals surface area contributed by atoms with E-state index in [4.69, 9.17) is 0 Å². The number of benzene rings is 1. The largest absolute Gasteiger partial charge is 0.365 e. The highest BCUT2D eigenvalue weighted by atomic mass is 15.3. The molecule has 3 heteroatoms. The van der Waals surface area contributed by atoms with Gasteiger partial charge in [-0.15, -0.1) is 0 Å². The number of nitrogens with zero attached hydrogens (tertiary/aromatic N) is 3. The van der Waals surface area contributed by atoms with Gasteiger partial charge in [0.2, 0.25) is 0 Å². The van der Waals surface area contributed by atoms with Crippen LogP contribution in [0.3, 0.4) is 0 Å². The second-order valence-electron chi connectivity index (χ2n) is 6.17. The molecule has 0 saturated carbocycles. The molecule has 2 aliphatic heterocycles. The van der Waals surface area contributed by atoms with Gasteiger partial charge in [0.15, 0.2) is 0 Å². The molecule has 2 atom stereocenters. The van der Waals surface area contributed by atoms with E-state index >= 15 is 0 Å². The molecule has 4 rings (SSSR count). The van der Waals surface area contributed by atoms with Gasteiger partial charge in [0, 0.05) is 54.0 Å². The molecule has 0 radical (unpaired) electrons. The number of rotatable bonds is 1. The van der Waals surface area contributed by atoms with Crippen LogP contribution in [0.1, 0.15) is 19.8 Å². The maximum atomic E-state index is 4.24. The average molecular weight is 267 g/mol. The van der Waals surface area contributed by atoms with Crippen molar-refractivity contribution in [1.82, 2.24) is 9.88 Å². The van der Waals surface area contributed by atoms with E-state index in [9.17, 15) is 0 Å². The van der Waals surface area contributed by atoms with Crippen molar-refractivity contribution in [3.05, 3.63) is 36.7 Å². The van der Waals surface area contributed by atoms with Gasteiger partial charge in [-0.05, 0) is 38.4 Å². The van der Waals surface area contributed by atoms with Gasteiger partial charge in [-0.1, -0.05) is 12.1 Å². The van der Waals surface area contributed by atoms with E-state index < -0.39 is 0 Å². The number of pyridine rings is 1. The molecule has 0 spiro atoms. The number of aromatic nitrogens is 1. The topological polar surface area (TPSA) is 19.4 Å². The summed E-state index contributed by atoms with van der Waals surface area (Å²) < 4.78 is 0. The van der Waals surface area contributed by atoms with Crippen molar-refractivity contribution in [3.8, 4) is 0 Å². The fourth-order valence-electron chi connectivity index (χ4n) is 3.88. The van der Waals surface area contributed by atoms with Crippen molar-refractivity contribution in [2.45, 2.75) is 31.8 Å². The van der Waals surface area contributed by atoms with Crippen molar-refractivity contribution in [1.29, 1.82) is 0 Å². The van der Waals surface area contributed by atoms with Gasteiger partial charge in [0.05, 0.1) is 0 Å².